The summed E-state index contributed by atoms with van der Waals surface area (Å²) in [6, 6.07) is 20.8. The molecule has 0 unspecified atom stereocenters. The first-order chi connectivity index (χ1) is 21.8. The van der Waals surface area contributed by atoms with Gasteiger partial charge in [-0.25, -0.2) is 14.6 Å². The number of halogens is 2. The molecule has 0 saturated carbocycles. The molecule has 0 aliphatic carbocycles. The van der Waals surface area contributed by atoms with Crippen LogP contribution in [0.3, 0.4) is 0 Å². The van der Waals surface area contributed by atoms with Crippen LogP contribution in [0, 0.1) is 5.82 Å². The summed E-state index contributed by atoms with van der Waals surface area (Å²) < 4.78 is 36.3. The van der Waals surface area contributed by atoms with E-state index in [0.717, 1.165) is 0 Å². The maximum atomic E-state index is 14.1. The molecule has 0 aliphatic rings. The summed E-state index contributed by atoms with van der Waals surface area (Å²) in [5.41, 5.74) is 5.08. The monoisotopic (exact) mass is 629 g/mol. The summed E-state index contributed by atoms with van der Waals surface area (Å²) >= 11 is 6.44. The van der Waals surface area contributed by atoms with Crippen molar-refractivity contribution >= 4 is 40.6 Å². The number of rotatable bonds is 11. The number of carbonyl (C=O) groups is 2. The summed E-state index contributed by atoms with van der Waals surface area (Å²) in [5, 5.41) is 5.00. The molecular weight excluding hydrogens is 601 g/mol. The summed E-state index contributed by atoms with van der Waals surface area (Å²) in [6.07, 6.45) is 1.41. The Kier molecular flexibility index (Phi) is 9.64. The molecule has 2 N–H and O–H groups in total. The number of nitrogens with zero attached hydrogens (tertiary/aromatic N) is 1. The number of aromatic amines is 1. The van der Waals surface area contributed by atoms with Crippen molar-refractivity contribution in [1.29, 1.82) is 0 Å². The van der Waals surface area contributed by atoms with Gasteiger partial charge in [0.1, 0.15) is 11.5 Å². The van der Waals surface area contributed by atoms with Gasteiger partial charge in [-0.1, -0.05) is 29.8 Å². The van der Waals surface area contributed by atoms with E-state index in [1.165, 1.54) is 25.5 Å². The normalized spacial score (nSPS) is 11.0. The van der Waals surface area contributed by atoms with Crippen LogP contribution >= 0.6 is 11.6 Å². The molecule has 45 heavy (non-hydrogen) atoms. The number of methoxy groups -OCH3 is 1. The number of amides is 1. The van der Waals surface area contributed by atoms with Gasteiger partial charge >= 0.3 is 5.97 Å². The van der Waals surface area contributed by atoms with Crippen LogP contribution in [-0.4, -0.2) is 43.4 Å². The lowest BCUT2D eigenvalue weighted by Gasteiger charge is -2.13. The molecule has 0 spiro atoms. The van der Waals surface area contributed by atoms with Gasteiger partial charge in [0.2, 0.25) is 0 Å². The molecular formula is C34H29ClFN3O6. The molecule has 0 aliphatic heterocycles. The SMILES string of the molecule is CCOc1ccc(C(=O)Oc2ccc(C=NNC(=O)c3[nH]c4ccc(F)cc4c3-c3ccccc3Cl)cc2OC)cc1OCC. The van der Waals surface area contributed by atoms with E-state index in [-0.39, 0.29) is 22.8 Å². The van der Waals surface area contributed by atoms with Crippen LogP contribution in [0.25, 0.3) is 22.0 Å². The number of carbonyl (C=O) groups excluding carboxylic acids is 2. The number of aromatic nitrogens is 1. The predicted molar refractivity (Wildman–Crippen MR) is 170 cm³/mol. The standard InChI is InChI=1S/C34H29ClFN3O6/c1-4-43-27-15-11-21(17-30(27)44-5-2)34(41)45-28-14-10-20(16-29(28)42-3)19-37-39-33(40)32-31(23-8-6-7-9-25(23)35)24-18-22(36)12-13-26(24)38-32/h6-19,38H,4-5H2,1-3H3,(H,39,40). The number of ether oxygens (including phenoxy) is 4. The molecule has 11 heteroatoms. The van der Waals surface area contributed by atoms with E-state index in [1.807, 2.05) is 13.8 Å². The van der Waals surface area contributed by atoms with Crippen LogP contribution < -0.4 is 24.4 Å². The van der Waals surface area contributed by atoms with Gasteiger partial charge < -0.3 is 23.9 Å². The Morgan fingerprint density at radius 2 is 1.67 bits per heavy atom. The van der Waals surface area contributed by atoms with Crippen molar-refractivity contribution in [2.75, 3.05) is 20.3 Å². The predicted octanol–water partition coefficient (Wildman–Crippen LogP) is 7.42. The highest BCUT2D eigenvalue weighted by Crippen LogP contribution is 2.37. The molecule has 0 saturated heterocycles. The lowest BCUT2D eigenvalue weighted by atomic mass is 10.0. The number of H-pyrrole nitrogens is 1. The van der Waals surface area contributed by atoms with Crippen molar-refractivity contribution in [1.82, 2.24) is 10.4 Å². The van der Waals surface area contributed by atoms with Gasteiger partial charge in [-0.15, -0.1) is 0 Å². The van der Waals surface area contributed by atoms with E-state index in [2.05, 4.69) is 15.5 Å². The van der Waals surface area contributed by atoms with Crippen molar-refractivity contribution in [3.63, 3.8) is 0 Å². The molecule has 5 aromatic rings. The van der Waals surface area contributed by atoms with Gasteiger partial charge in [0.25, 0.3) is 5.91 Å². The molecule has 0 bridgehead atoms. The van der Waals surface area contributed by atoms with Crippen molar-refractivity contribution in [2.45, 2.75) is 13.8 Å². The highest BCUT2D eigenvalue weighted by atomic mass is 35.5. The minimum atomic E-state index is -0.612. The zero-order chi connectivity index (χ0) is 31.9. The number of nitrogens with one attached hydrogen (secondary N) is 2. The fourth-order valence-corrected chi connectivity index (χ4v) is 4.92. The third-order valence-corrected chi connectivity index (χ3v) is 7.01. The van der Waals surface area contributed by atoms with Crippen LogP contribution in [0.1, 0.15) is 40.3 Å². The van der Waals surface area contributed by atoms with E-state index in [9.17, 15) is 14.0 Å². The molecule has 230 valence electrons. The summed E-state index contributed by atoms with van der Waals surface area (Å²) in [6.45, 7) is 4.55. The Balaban J connectivity index is 1.33. The van der Waals surface area contributed by atoms with Crippen LogP contribution in [0.4, 0.5) is 4.39 Å². The highest BCUT2D eigenvalue weighted by molar-refractivity contribution is 6.34. The van der Waals surface area contributed by atoms with Crippen molar-refractivity contribution in [3.8, 4) is 34.1 Å². The van der Waals surface area contributed by atoms with E-state index in [0.29, 0.717) is 57.3 Å². The first kappa shape index (κ1) is 31.1. The van der Waals surface area contributed by atoms with Crippen molar-refractivity contribution < 1.29 is 32.9 Å². The zero-order valence-electron chi connectivity index (χ0n) is 24.6. The number of hydrogen-bond donors (Lipinski definition) is 2. The van der Waals surface area contributed by atoms with Crippen LogP contribution in [-0.2, 0) is 0 Å². The Labute approximate surface area is 263 Å². The topological polar surface area (TPSA) is 111 Å². The average molecular weight is 630 g/mol. The lowest BCUT2D eigenvalue weighted by Crippen LogP contribution is -2.19. The van der Waals surface area contributed by atoms with Gasteiger partial charge in [0, 0.05) is 27.1 Å². The van der Waals surface area contributed by atoms with Gasteiger partial charge in [0.15, 0.2) is 23.0 Å². The van der Waals surface area contributed by atoms with Gasteiger partial charge in [-0.2, -0.15) is 5.10 Å². The second-order valence-electron chi connectivity index (χ2n) is 9.57. The zero-order valence-corrected chi connectivity index (χ0v) is 25.4. The third kappa shape index (κ3) is 6.91. The number of hydrazone groups is 1. The quantitative estimate of drug-likeness (QED) is 0.0681. The van der Waals surface area contributed by atoms with Crippen LogP contribution in [0.2, 0.25) is 5.02 Å². The number of hydrogen-bond acceptors (Lipinski definition) is 7. The highest BCUT2D eigenvalue weighted by Gasteiger charge is 2.21. The van der Waals surface area contributed by atoms with Gasteiger partial charge in [-0.05, 0) is 80.1 Å². The number of esters is 1. The molecule has 0 radical (unpaired) electrons. The third-order valence-electron chi connectivity index (χ3n) is 6.68. The largest absolute Gasteiger partial charge is 0.493 e. The van der Waals surface area contributed by atoms with Gasteiger partial charge in [-0.3, -0.25) is 4.79 Å². The van der Waals surface area contributed by atoms with Gasteiger partial charge in [0.05, 0.1) is 32.1 Å². The molecule has 1 aromatic heterocycles. The second-order valence-corrected chi connectivity index (χ2v) is 9.98. The Morgan fingerprint density at radius 3 is 2.42 bits per heavy atom. The number of fused-ring (bicyclic) bond motifs is 1. The summed E-state index contributed by atoms with van der Waals surface area (Å²) in [5.74, 6) is -0.192. The number of benzene rings is 4. The summed E-state index contributed by atoms with van der Waals surface area (Å²) in [7, 11) is 1.44. The molecule has 4 aromatic carbocycles. The Bertz CT molecular complexity index is 1900. The van der Waals surface area contributed by atoms with Crippen LogP contribution in [0.15, 0.2) is 84.0 Å². The van der Waals surface area contributed by atoms with E-state index in [1.54, 1.807) is 66.7 Å². The molecule has 1 amide bonds. The smallest absolute Gasteiger partial charge is 0.343 e. The Hall–Kier alpha value is -5.35. The van der Waals surface area contributed by atoms with E-state index < -0.39 is 17.7 Å². The fraction of sp³-hybridized carbons (Fsp3) is 0.147. The molecule has 0 atom stereocenters. The molecule has 5 rings (SSSR count). The minimum Gasteiger partial charge on any atom is -0.493 e. The minimum absolute atomic E-state index is 0.169. The molecule has 0 fully saturated rings. The van der Waals surface area contributed by atoms with E-state index in [4.69, 9.17) is 30.5 Å². The lowest BCUT2D eigenvalue weighted by molar-refractivity contribution is 0.0728. The molecule has 9 nitrogen and oxygen atoms in total. The first-order valence-corrected chi connectivity index (χ1v) is 14.4. The summed E-state index contributed by atoms with van der Waals surface area (Å²) in [4.78, 5) is 29.2. The van der Waals surface area contributed by atoms with Crippen molar-refractivity contribution in [3.05, 3.63) is 107 Å². The fourth-order valence-electron chi connectivity index (χ4n) is 4.69. The van der Waals surface area contributed by atoms with Crippen molar-refractivity contribution in [2.24, 2.45) is 5.10 Å². The van der Waals surface area contributed by atoms with Crippen LogP contribution in [0.5, 0.6) is 23.0 Å². The second kappa shape index (κ2) is 14.0. The molecule has 1 heterocycles. The first-order valence-electron chi connectivity index (χ1n) is 14.0. The maximum Gasteiger partial charge on any atom is 0.343 e. The Morgan fingerprint density at radius 1 is 0.911 bits per heavy atom. The van der Waals surface area contributed by atoms with E-state index >= 15 is 0 Å². The maximum absolute atomic E-state index is 14.1. The average Bonchev–Trinajstić information content (AvgIpc) is 3.41.